The zero-order valence-corrected chi connectivity index (χ0v) is 13.7. The van der Waals surface area contributed by atoms with Crippen LogP contribution in [0, 0.1) is 20.8 Å². The molecule has 2 N–H and O–H groups in total. The molecule has 1 aromatic rings. The van der Waals surface area contributed by atoms with Gasteiger partial charge in [-0.15, -0.1) is 0 Å². The number of nitrogens with zero attached hydrogens (tertiary/aromatic N) is 1. The van der Waals surface area contributed by atoms with Gasteiger partial charge in [-0.2, -0.15) is 0 Å². The Morgan fingerprint density at radius 1 is 1.11 bits per heavy atom. The predicted molar refractivity (Wildman–Crippen MR) is 84.6 cm³/mol. The molecule has 0 fully saturated rings. The van der Waals surface area contributed by atoms with Crippen LogP contribution in [0.15, 0.2) is 12.1 Å². The van der Waals surface area contributed by atoms with E-state index in [0.29, 0.717) is 6.04 Å². The average Bonchev–Trinajstić information content (AvgIpc) is 2.27. The fourth-order valence-corrected chi connectivity index (χ4v) is 2.54. The Morgan fingerprint density at radius 2 is 1.68 bits per heavy atom. The van der Waals surface area contributed by atoms with Crippen molar-refractivity contribution in [1.82, 2.24) is 4.90 Å². The minimum atomic E-state index is -0.0953. The van der Waals surface area contributed by atoms with E-state index in [4.69, 9.17) is 5.73 Å². The van der Waals surface area contributed by atoms with Gasteiger partial charge in [-0.05, 0) is 83.8 Å². The van der Waals surface area contributed by atoms with E-state index in [1.807, 2.05) is 0 Å². The van der Waals surface area contributed by atoms with Crippen molar-refractivity contribution in [3.8, 4) is 0 Å². The fourth-order valence-electron chi connectivity index (χ4n) is 2.54. The Morgan fingerprint density at radius 3 is 2.16 bits per heavy atom. The summed E-state index contributed by atoms with van der Waals surface area (Å²) >= 11 is 0. The van der Waals surface area contributed by atoms with Crippen LogP contribution in [0.25, 0.3) is 0 Å². The molecular weight excluding hydrogens is 232 g/mol. The first-order chi connectivity index (χ1) is 8.63. The van der Waals surface area contributed by atoms with Crippen molar-refractivity contribution in [2.45, 2.75) is 59.0 Å². The van der Waals surface area contributed by atoms with E-state index in [-0.39, 0.29) is 5.54 Å². The highest BCUT2D eigenvalue weighted by Gasteiger charge is 2.20. The minimum Gasteiger partial charge on any atom is -0.326 e. The number of nitrogens with two attached hydrogens (primary N) is 1. The molecule has 0 aliphatic carbocycles. The van der Waals surface area contributed by atoms with Gasteiger partial charge in [0.1, 0.15) is 0 Å². The van der Waals surface area contributed by atoms with Crippen LogP contribution in [0.4, 0.5) is 0 Å². The standard InChI is InChI=1S/C17H30N2/c1-12-8-9-15(14(3)13(12)2)16(19(6)7)10-11-17(4,5)18/h8-9,16H,10-11,18H2,1-7H3. The molecule has 0 amide bonds. The molecule has 2 heteroatoms. The van der Waals surface area contributed by atoms with Crippen molar-refractivity contribution < 1.29 is 0 Å². The largest absolute Gasteiger partial charge is 0.326 e. The fraction of sp³-hybridized carbons (Fsp3) is 0.647. The van der Waals surface area contributed by atoms with Crippen LogP contribution in [0.5, 0.6) is 0 Å². The molecule has 1 aromatic carbocycles. The quantitative estimate of drug-likeness (QED) is 0.876. The molecule has 1 atom stereocenters. The predicted octanol–water partition coefficient (Wildman–Crippen LogP) is 3.73. The van der Waals surface area contributed by atoms with Crippen molar-refractivity contribution in [1.29, 1.82) is 0 Å². The number of hydrogen-bond acceptors (Lipinski definition) is 2. The van der Waals surface area contributed by atoms with Crippen molar-refractivity contribution in [2.75, 3.05) is 14.1 Å². The molecule has 0 aliphatic heterocycles. The topological polar surface area (TPSA) is 29.3 Å². The highest BCUT2D eigenvalue weighted by molar-refractivity contribution is 5.40. The number of hydrogen-bond donors (Lipinski definition) is 1. The van der Waals surface area contributed by atoms with E-state index < -0.39 is 0 Å². The number of aryl methyl sites for hydroxylation is 1. The zero-order valence-electron chi connectivity index (χ0n) is 13.7. The van der Waals surface area contributed by atoms with Crippen LogP contribution in [-0.2, 0) is 0 Å². The van der Waals surface area contributed by atoms with Gasteiger partial charge in [0.15, 0.2) is 0 Å². The van der Waals surface area contributed by atoms with Crippen LogP contribution in [0.1, 0.15) is 55.0 Å². The Kier molecular flexibility index (Phi) is 5.17. The van der Waals surface area contributed by atoms with Crippen LogP contribution in [0.3, 0.4) is 0 Å². The Balaban J connectivity index is 3.04. The van der Waals surface area contributed by atoms with E-state index in [0.717, 1.165) is 12.8 Å². The third-order valence-electron chi connectivity index (χ3n) is 4.14. The van der Waals surface area contributed by atoms with Crippen LogP contribution >= 0.6 is 0 Å². The maximum Gasteiger partial charge on any atom is 0.0345 e. The third kappa shape index (κ3) is 4.32. The Labute approximate surface area is 119 Å². The molecule has 0 bridgehead atoms. The molecule has 19 heavy (non-hydrogen) atoms. The second kappa shape index (κ2) is 6.06. The SMILES string of the molecule is Cc1ccc(C(CCC(C)(C)N)N(C)C)c(C)c1C. The van der Waals surface area contributed by atoms with Gasteiger partial charge in [-0.1, -0.05) is 12.1 Å². The summed E-state index contributed by atoms with van der Waals surface area (Å²) in [6.07, 6.45) is 2.13. The maximum absolute atomic E-state index is 6.14. The Hall–Kier alpha value is -0.860. The van der Waals surface area contributed by atoms with E-state index >= 15 is 0 Å². The molecule has 1 unspecified atom stereocenters. The summed E-state index contributed by atoms with van der Waals surface area (Å²) in [5, 5.41) is 0. The molecular formula is C17H30N2. The lowest BCUT2D eigenvalue weighted by molar-refractivity contribution is 0.260. The summed E-state index contributed by atoms with van der Waals surface area (Å²) in [6, 6.07) is 4.97. The lowest BCUT2D eigenvalue weighted by Gasteiger charge is -2.30. The van der Waals surface area contributed by atoms with Crippen LogP contribution < -0.4 is 5.73 Å². The van der Waals surface area contributed by atoms with Gasteiger partial charge in [0.25, 0.3) is 0 Å². The first-order valence-electron chi connectivity index (χ1n) is 7.15. The van der Waals surface area contributed by atoms with Gasteiger partial charge in [-0.25, -0.2) is 0 Å². The van der Waals surface area contributed by atoms with Gasteiger partial charge in [-0.3, -0.25) is 0 Å². The molecule has 1 rings (SSSR count). The van der Waals surface area contributed by atoms with Gasteiger partial charge < -0.3 is 10.6 Å². The summed E-state index contributed by atoms with van der Waals surface area (Å²) in [6.45, 7) is 10.8. The van der Waals surface area contributed by atoms with Gasteiger partial charge in [0.2, 0.25) is 0 Å². The van der Waals surface area contributed by atoms with Crippen molar-refractivity contribution in [3.05, 3.63) is 34.4 Å². The lowest BCUT2D eigenvalue weighted by Crippen LogP contribution is -2.33. The molecule has 0 aliphatic rings. The molecule has 0 saturated heterocycles. The highest BCUT2D eigenvalue weighted by atomic mass is 15.1. The summed E-state index contributed by atoms with van der Waals surface area (Å²) in [5.74, 6) is 0. The van der Waals surface area contributed by atoms with Gasteiger partial charge >= 0.3 is 0 Å². The van der Waals surface area contributed by atoms with Crippen molar-refractivity contribution >= 4 is 0 Å². The zero-order chi connectivity index (χ0) is 14.8. The van der Waals surface area contributed by atoms with E-state index in [1.165, 1.54) is 22.3 Å². The lowest BCUT2D eigenvalue weighted by atomic mass is 9.88. The van der Waals surface area contributed by atoms with Crippen LogP contribution in [0.2, 0.25) is 0 Å². The summed E-state index contributed by atoms with van der Waals surface area (Å²) < 4.78 is 0. The van der Waals surface area contributed by atoms with E-state index in [9.17, 15) is 0 Å². The minimum absolute atomic E-state index is 0.0953. The molecule has 0 radical (unpaired) electrons. The van der Waals surface area contributed by atoms with E-state index in [1.54, 1.807) is 0 Å². The molecule has 0 saturated carbocycles. The second-order valence-corrected chi connectivity index (χ2v) is 6.73. The average molecular weight is 262 g/mol. The second-order valence-electron chi connectivity index (χ2n) is 6.73. The summed E-state index contributed by atoms with van der Waals surface area (Å²) in [4.78, 5) is 2.31. The number of rotatable bonds is 5. The van der Waals surface area contributed by atoms with Gasteiger partial charge in [0.05, 0.1) is 0 Å². The molecule has 0 heterocycles. The number of benzene rings is 1. The third-order valence-corrected chi connectivity index (χ3v) is 4.14. The van der Waals surface area contributed by atoms with Gasteiger partial charge in [0, 0.05) is 11.6 Å². The molecule has 0 aromatic heterocycles. The monoisotopic (exact) mass is 262 g/mol. The normalized spacial score (nSPS) is 13.9. The van der Waals surface area contributed by atoms with Crippen molar-refractivity contribution in [2.24, 2.45) is 5.73 Å². The molecule has 2 nitrogen and oxygen atoms in total. The van der Waals surface area contributed by atoms with E-state index in [2.05, 4.69) is 65.7 Å². The smallest absolute Gasteiger partial charge is 0.0345 e. The summed E-state index contributed by atoms with van der Waals surface area (Å²) in [5.41, 5.74) is 11.7. The Bertz CT molecular complexity index is 428. The summed E-state index contributed by atoms with van der Waals surface area (Å²) in [7, 11) is 4.31. The van der Waals surface area contributed by atoms with Crippen LogP contribution in [-0.4, -0.2) is 24.5 Å². The van der Waals surface area contributed by atoms with Crippen molar-refractivity contribution in [3.63, 3.8) is 0 Å². The first-order valence-corrected chi connectivity index (χ1v) is 7.15. The first kappa shape index (κ1) is 16.2. The maximum atomic E-state index is 6.14. The molecule has 108 valence electrons. The highest BCUT2D eigenvalue weighted by Crippen LogP contribution is 2.30. The molecule has 0 spiro atoms.